The molecule has 3 N–H and O–H groups in total. The van der Waals surface area contributed by atoms with Crippen molar-refractivity contribution < 1.29 is 23.2 Å². The third-order valence-corrected chi connectivity index (χ3v) is 3.23. The van der Waals surface area contributed by atoms with Crippen molar-refractivity contribution >= 4 is 21.5 Å². The van der Waals surface area contributed by atoms with Gasteiger partial charge in [-0.25, -0.2) is 0 Å². The molecule has 0 fully saturated rings. The lowest BCUT2D eigenvalue weighted by molar-refractivity contribution is 0.451. The van der Waals surface area contributed by atoms with Gasteiger partial charge in [0.05, 0.1) is 10.6 Å². The Morgan fingerprint density at radius 1 is 0.900 bits per heavy atom. The van der Waals surface area contributed by atoms with Gasteiger partial charge in [-0.2, -0.15) is 13.5 Å². The minimum atomic E-state index is -4.24. The lowest BCUT2D eigenvalue weighted by Crippen LogP contribution is -1.96. The number of aromatic hydroxyl groups is 2. The Bertz CT molecular complexity index is 754. The molecule has 0 aliphatic carbocycles. The Morgan fingerprint density at radius 2 is 1.55 bits per heavy atom. The van der Waals surface area contributed by atoms with Gasteiger partial charge in [-0.1, -0.05) is 0 Å². The topological polar surface area (TPSA) is 120 Å². The average molecular weight is 300 g/mol. The molecule has 0 heterocycles. The highest BCUT2D eigenvalue weighted by Crippen LogP contribution is 2.31. The van der Waals surface area contributed by atoms with Crippen LogP contribution in [0, 0.1) is 0 Å². The highest BCUT2D eigenvalue weighted by atomic mass is 32.2. The first-order valence-corrected chi connectivity index (χ1v) is 6.81. The largest absolute Gasteiger partial charge is 0.508 e. The van der Waals surface area contributed by atoms with E-state index < -0.39 is 10.1 Å². The number of hydrogen-bond acceptors (Lipinski definition) is 6. The lowest BCUT2D eigenvalue weighted by atomic mass is 10.3. The maximum Gasteiger partial charge on any atom is 0.294 e. The molecule has 0 spiro atoms. The summed E-state index contributed by atoms with van der Waals surface area (Å²) in [6, 6.07) is 8.90. The summed E-state index contributed by atoms with van der Waals surface area (Å²) < 4.78 is 30.5. The quantitative estimate of drug-likeness (QED) is 0.594. The molecule has 0 atom stereocenters. The third-order valence-electron chi connectivity index (χ3n) is 2.37. The van der Waals surface area contributed by atoms with Crippen LogP contribution in [-0.2, 0) is 10.1 Å². The van der Waals surface area contributed by atoms with E-state index in [0.29, 0.717) is 5.69 Å². The molecule has 0 aromatic heterocycles. The Hall–Kier alpha value is -2.45. The molecule has 2 rings (SSSR count). The van der Waals surface area contributed by atoms with Gasteiger partial charge in [0.25, 0.3) is 10.1 Å². The lowest BCUT2D eigenvalue weighted by Gasteiger charge is -1.99. The van der Waals surface area contributed by atoms with Crippen LogP contribution < -0.4 is 0 Å². The summed E-state index contributed by atoms with van der Waals surface area (Å²) in [4.78, 5) is -0.246. The standard InChI is InChI=1S/C12H10N2O5S/c15-9-3-6-11(12(16)7-9)14-13-8-1-4-10(5-2-8)20(17,18)19/h1-7,15-16H,(H,17,18,19)/i1+1,2+1,4+1,5+1,8+1,10+1. The van der Waals surface area contributed by atoms with E-state index in [-0.39, 0.29) is 22.1 Å². The fraction of sp³-hybridized carbons (Fsp3) is 0. The van der Waals surface area contributed by atoms with E-state index in [0.717, 1.165) is 6.07 Å². The molecule has 20 heavy (non-hydrogen) atoms. The van der Waals surface area contributed by atoms with Crippen LogP contribution in [0.1, 0.15) is 0 Å². The van der Waals surface area contributed by atoms with E-state index >= 15 is 0 Å². The monoisotopic (exact) mass is 300 g/mol. The van der Waals surface area contributed by atoms with Crippen LogP contribution >= 0.6 is 0 Å². The van der Waals surface area contributed by atoms with Gasteiger partial charge in [0, 0.05) is 6.07 Å². The van der Waals surface area contributed by atoms with Crippen molar-refractivity contribution in [3.8, 4) is 11.5 Å². The molecule has 0 bridgehead atoms. The number of phenols is 2. The van der Waals surface area contributed by atoms with Crippen molar-refractivity contribution in [2.75, 3.05) is 0 Å². The fourth-order valence-electron chi connectivity index (χ4n) is 1.39. The molecule has 0 unspecified atom stereocenters. The van der Waals surface area contributed by atoms with E-state index in [1.54, 1.807) is 0 Å². The minimum Gasteiger partial charge on any atom is -0.508 e. The second-order valence-electron chi connectivity index (χ2n) is 3.84. The maximum absolute atomic E-state index is 10.8. The second-order valence-corrected chi connectivity index (χ2v) is 5.26. The number of nitrogens with zero attached hydrogens (tertiary/aromatic N) is 2. The normalized spacial score (nSPS) is 11.8. The summed E-state index contributed by atoms with van der Waals surface area (Å²) >= 11 is 0. The molecule has 2 aromatic carbocycles. The molecule has 0 radical (unpaired) electrons. The van der Waals surface area contributed by atoms with Gasteiger partial charge in [-0.3, -0.25) is 4.55 Å². The summed E-state index contributed by atoms with van der Waals surface area (Å²) in [5, 5.41) is 26.2. The predicted octanol–water partition coefficient (Wildman–Crippen LogP) is 2.76. The molecule has 2 aromatic rings. The first kappa shape index (κ1) is 14.0. The third kappa shape index (κ3) is 3.31. The zero-order chi connectivity index (χ0) is 14.8. The molecule has 8 heteroatoms. The molecular weight excluding hydrogens is 290 g/mol. The van der Waals surface area contributed by atoms with Crippen molar-refractivity contribution in [2.45, 2.75) is 4.90 Å². The Labute approximate surface area is 114 Å². The molecule has 0 saturated heterocycles. The molecular formula is C12H10N2O5S. The number of azo groups is 1. The first-order valence-electron chi connectivity index (χ1n) is 5.37. The predicted molar refractivity (Wildman–Crippen MR) is 70.2 cm³/mol. The van der Waals surface area contributed by atoms with Crippen molar-refractivity contribution in [2.24, 2.45) is 10.2 Å². The highest BCUT2D eigenvalue weighted by molar-refractivity contribution is 7.85. The Balaban J connectivity index is 2.24. The van der Waals surface area contributed by atoms with E-state index in [1.165, 1.54) is 36.4 Å². The van der Waals surface area contributed by atoms with E-state index in [4.69, 9.17) is 9.66 Å². The van der Waals surface area contributed by atoms with Crippen LogP contribution in [0.4, 0.5) is 11.4 Å². The van der Waals surface area contributed by atoms with Crippen molar-refractivity contribution in [3.63, 3.8) is 0 Å². The Morgan fingerprint density at radius 3 is 2.10 bits per heavy atom. The molecule has 0 aliphatic heterocycles. The molecule has 7 nitrogen and oxygen atoms in total. The molecule has 0 aliphatic rings. The summed E-state index contributed by atoms with van der Waals surface area (Å²) in [5.74, 6) is -0.331. The number of rotatable bonds is 3. The zero-order valence-electron chi connectivity index (χ0n) is 10.0. The smallest absolute Gasteiger partial charge is 0.294 e. The molecule has 0 saturated carbocycles. The number of hydrogen-bond donors (Lipinski definition) is 3. The van der Waals surface area contributed by atoms with E-state index in [9.17, 15) is 13.5 Å². The average Bonchev–Trinajstić information content (AvgIpc) is 2.37. The van der Waals surface area contributed by atoms with Gasteiger partial charge >= 0.3 is 0 Å². The van der Waals surface area contributed by atoms with Crippen LogP contribution in [0.15, 0.2) is 57.6 Å². The SMILES string of the molecule is O=S(=O)(O)[13c]1[13cH][13cH][13c](N=Nc2ccc(O)cc2O)[13cH][13cH]1. The summed E-state index contributed by atoms with van der Waals surface area (Å²) in [5.41, 5.74) is 0.492. The van der Waals surface area contributed by atoms with E-state index in [2.05, 4.69) is 10.2 Å². The van der Waals surface area contributed by atoms with Crippen LogP contribution in [0.5, 0.6) is 11.5 Å². The Kier molecular flexibility index (Phi) is 3.68. The van der Waals surface area contributed by atoms with Crippen LogP contribution in [0.3, 0.4) is 0 Å². The highest BCUT2D eigenvalue weighted by Gasteiger charge is 2.08. The molecule has 0 amide bonds. The zero-order valence-corrected chi connectivity index (χ0v) is 10.8. The van der Waals surface area contributed by atoms with Crippen LogP contribution in [0.2, 0.25) is 0 Å². The van der Waals surface area contributed by atoms with Crippen molar-refractivity contribution in [1.29, 1.82) is 0 Å². The maximum atomic E-state index is 10.8. The summed E-state index contributed by atoms with van der Waals surface area (Å²) in [6.07, 6.45) is 0. The minimum absolute atomic E-state index is 0.0982. The first-order chi connectivity index (χ1) is 9.36. The van der Waals surface area contributed by atoms with Gasteiger partial charge in [0.2, 0.25) is 0 Å². The van der Waals surface area contributed by atoms with Gasteiger partial charge in [-0.05, 0) is 36.4 Å². The second kappa shape index (κ2) is 5.27. The van der Waals surface area contributed by atoms with Crippen LogP contribution in [0.25, 0.3) is 0 Å². The summed E-state index contributed by atoms with van der Waals surface area (Å²) in [7, 11) is -4.24. The fourth-order valence-corrected chi connectivity index (χ4v) is 1.87. The van der Waals surface area contributed by atoms with Crippen molar-refractivity contribution in [1.82, 2.24) is 0 Å². The number of benzene rings is 2. The van der Waals surface area contributed by atoms with Gasteiger partial charge in [0.1, 0.15) is 17.2 Å². The van der Waals surface area contributed by atoms with Gasteiger partial charge in [0.15, 0.2) is 0 Å². The number of phenolic OH excluding ortho intramolecular Hbond substituents is 2. The van der Waals surface area contributed by atoms with Gasteiger partial charge < -0.3 is 10.2 Å². The van der Waals surface area contributed by atoms with E-state index in [1.807, 2.05) is 0 Å². The van der Waals surface area contributed by atoms with Crippen LogP contribution in [-0.4, -0.2) is 23.2 Å². The summed E-state index contributed by atoms with van der Waals surface area (Å²) in [6.45, 7) is 0. The van der Waals surface area contributed by atoms with Gasteiger partial charge in [-0.15, -0.1) is 5.11 Å². The molecule has 104 valence electrons. The van der Waals surface area contributed by atoms with Crippen molar-refractivity contribution in [3.05, 3.63) is 42.5 Å².